The fraction of sp³-hybridized carbons (Fsp3) is 0.286. The highest BCUT2D eigenvalue weighted by Crippen LogP contribution is 2.16. The van der Waals surface area contributed by atoms with Crippen molar-refractivity contribution in [2.75, 3.05) is 7.11 Å². The molecule has 1 aromatic carbocycles. The van der Waals surface area contributed by atoms with Crippen molar-refractivity contribution >= 4 is 11.8 Å². The third-order valence-corrected chi connectivity index (χ3v) is 2.58. The number of benzene rings is 1. The minimum Gasteiger partial charge on any atom is -0.467 e. The summed E-state index contributed by atoms with van der Waals surface area (Å²) in [5, 5.41) is 2.45. The third-order valence-electron chi connectivity index (χ3n) is 2.58. The van der Waals surface area contributed by atoms with Gasteiger partial charge in [0.15, 0.2) is 0 Å². The molecule has 1 aromatic rings. The van der Waals surface area contributed by atoms with Crippen LogP contribution in [-0.2, 0) is 20.7 Å². The number of hydrogen-bond donors (Lipinski definition) is 1. The van der Waals surface area contributed by atoms with E-state index >= 15 is 0 Å². The number of halogens is 3. The van der Waals surface area contributed by atoms with E-state index in [1.165, 1.54) is 7.11 Å². The highest BCUT2D eigenvalue weighted by Gasteiger charge is 2.36. The van der Waals surface area contributed by atoms with Crippen LogP contribution in [0.4, 0.5) is 13.2 Å². The standard InChI is InChI=1S/C14H14F3NO3/c1-21-13(20)11(9-10-5-3-2-4-6-10)18-8-7-12(19)14(15,16)17/h2-8,11,18H,9H2,1H3/b8-7-. The van der Waals surface area contributed by atoms with Crippen molar-refractivity contribution < 1.29 is 27.5 Å². The summed E-state index contributed by atoms with van der Waals surface area (Å²) in [6, 6.07) is 7.99. The van der Waals surface area contributed by atoms with Crippen molar-refractivity contribution in [2.45, 2.75) is 18.6 Å². The molecule has 0 saturated carbocycles. The molecular formula is C14H14F3NO3. The molecule has 0 radical (unpaired) electrons. The molecule has 0 amide bonds. The summed E-state index contributed by atoms with van der Waals surface area (Å²) in [5.41, 5.74) is 0.802. The van der Waals surface area contributed by atoms with Gasteiger partial charge in [-0.3, -0.25) is 4.79 Å². The van der Waals surface area contributed by atoms with Crippen LogP contribution >= 0.6 is 0 Å². The van der Waals surface area contributed by atoms with Crippen molar-refractivity contribution in [1.82, 2.24) is 5.32 Å². The van der Waals surface area contributed by atoms with Gasteiger partial charge in [-0.15, -0.1) is 0 Å². The van der Waals surface area contributed by atoms with Crippen LogP contribution in [0.25, 0.3) is 0 Å². The second-order valence-corrected chi connectivity index (χ2v) is 4.13. The third kappa shape index (κ3) is 5.68. The van der Waals surface area contributed by atoms with Crippen LogP contribution in [-0.4, -0.2) is 31.1 Å². The fourth-order valence-corrected chi connectivity index (χ4v) is 1.54. The van der Waals surface area contributed by atoms with E-state index in [4.69, 9.17) is 0 Å². The summed E-state index contributed by atoms with van der Waals surface area (Å²) in [6.07, 6.45) is -3.57. The van der Waals surface area contributed by atoms with Gasteiger partial charge < -0.3 is 10.1 Å². The fourth-order valence-electron chi connectivity index (χ4n) is 1.54. The van der Waals surface area contributed by atoms with Crippen LogP contribution in [0, 0.1) is 0 Å². The number of nitrogens with one attached hydrogen (secondary N) is 1. The number of rotatable bonds is 6. The van der Waals surface area contributed by atoms with E-state index in [1.807, 2.05) is 0 Å². The monoisotopic (exact) mass is 301 g/mol. The molecule has 0 spiro atoms. The summed E-state index contributed by atoms with van der Waals surface area (Å²) >= 11 is 0. The van der Waals surface area contributed by atoms with Gasteiger partial charge >= 0.3 is 12.1 Å². The first kappa shape index (κ1) is 16.7. The van der Waals surface area contributed by atoms with Crippen LogP contribution in [0.2, 0.25) is 0 Å². The molecule has 0 aliphatic heterocycles. The van der Waals surface area contributed by atoms with Gasteiger partial charge in [0.2, 0.25) is 0 Å². The molecule has 1 N–H and O–H groups in total. The highest BCUT2D eigenvalue weighted by atomic mass is 19.4. The van der Waals surface area contributed by atoms with Gasteiger partial charge in [-0.2, -0.15) is 13.2 Å². The van der Waals surface area contributed by atoms with E-state index in [0.29, 0.717) is 6.08 Å². The van der Waals surface area contributed by atoms with Crippen molar-refractivity contribution in [3.63, 3.8) is 0 Å². The molecule has 0 bridgehead atoms. The number of hydrogen-bond acceptors (Lipinski definition) is 4. The van der Waals surface area contributed by atoms with E-state index in [1.54, 1.807) is 30.3 Å². The average Bonchev–Trinajstić information content (AvgIpc) is 2.45. The maximum absolute atomic E-state index is 12.0. The van der Waals surface area contributed by atoms with Crippen molar-refractivity contribution in [3.05, 3.63) is 48.2 Å². The number of carbonyl (C=O) groups is 2. The summed E-state index contributed by atoms with van der Waals surface area (Å²) < 4.78 is 40.6. The normalized spacial score (nSPS) is 13.0. The van der Waals surface area contributed by atoms with Crippen LogP contribution in [0.1, 0.15) is 5.56 Å². The zero-order valence-corrected chi connectivity index (χ0v) is 11.2. The summed E-state index contributed by atoms with van der Waals surface area (Å²) in [7, 11) is 1.17. The van der Waals surface area contributed by atoms with Gasteiger partial charge in [0.1, 0.15) is 6.04 Å². The molecule has 0 aliphatic carbocycles. The number of methoxy groups -OCH3 is 1. The van der Waals surface area contributed by atoms with Crippen LogP contribution in [0.15, 0.2) is 42.6 Å². The minimum absolute atomic E-state index is 0.220. The van der Waals surface area contributed by atoms with Crippen LogP contribution in [0.3, 0.4) is 0 Å². The van der Waals surface area contributed by atoms with Gasteiger partial charge in [0.25, 0.3) is 5.78 Å². The quantitative estimate of drug-likeness (QED) is 0.645. The Morgan fingerprint density at radius 2 is 1.90 bits per heavy atom. The molecule has 4 nitrogen and oxygen atoms in total. The summed E-state index contributed by atoms with van der Waals surface area (Å²) in [6.45, 7) is 0. The van der Waals surface area contributed by atoms with Crippen LogP contribution in [0.5, 0.6) is 0 Å². The second kappa shape index (κ2) is 7.47. The number of ether oxygens (including phenoxy) is 1. The van der Waals surface area contributed by atoms with E-state index in [9.17, 15) is 22.8 Å². The number of esters is 1. The minimum atomic E-state index is -4.93. The lowest BCUT2D eigenvalue weighted by molar-refractivity contribution is -0.165. The molecule has 7 heteroatoms. The summed E-state index contributed by atoms with van der Waals surface area (Å²) in [4.78, 5) is 22.2. The van der Waals surface area contributed by atoms with E-state index < -0.39 is 24.0 Å². The first-order valence-corrected chi connectivity index (χ1v) is 6.00. The maximum atomic E-state index is 12.0. The smallest absolute Gasteiger partial charge is 0.454 e. The topological polar surface area (TPSA) is 55.4 Å². The van der Waals surface area contributed by atoms with Crippen molar-refractivity contribution in [1.29, 1.82) is 0 Å². The Morgan fingerprint density at radius 3 is 2.43 bits per heavy atom. The lowest BCUT2D eigenvalue weighted by Gasteiger charge is -2.15. The zero-order valence-electron chi connectivity index (χ0n) is 11.2. The van der Waals surface area contributed by atoms with Crippen molar-refractivity contribution in [3.8, 4) is 0 Å². The molecule has 0 heterocycles. The molecule has 1 rings (SSSR count). The van der Waals surface area contributed by atoms with Gasteiger partial charge in [0.05, 0.1) is 7.11 Å². The number of alkyl halides is 3. The van der Waals surface area contributed by atoms with Gasteiger partial charge in [-0.1, -0.05) is 30.3 Å². The van der Waals surface area contributed by atoms with Gasteiger partial charge in [0, 0.05) is 18.7 Å². The van der Waals surface area contributed by atoms with E-state index in [-0.39, 0.29) is 6.42 Å². The first-order chi connectivity index (χ1) is 9.84. The van der Waals surface area contributed by atoms with Gasteiger partial charge in [-0.25, -0.2) is 4.79 Å². The van der Waals surface area contributed by atoms with Gasteiger partial charge in [-0.05, 0) is 5.56 Å². The van der Waals surface area contributed by atoms with Crippen molar-refractivity contribution in [2.24, 2.45) is 0 Å². The molecule has 1 atom stereocenters. The molecule has 21 heavy (non-hydrogen) atoms. The number of ketones is 1. The molecular weight excluding hydrogens is 287 g/mol. The second-order valence-electron chi connectivity index (χ2n) is 4.13. The largest absolute Gasteiger partial charge is 0.467 e. The lowest BCUT2D eigenvalue weighted by Crippen LogP contribution is -2.36. The number of allylic oxidation sites excluding steroid dienone is 1. The Balaban J connectivity index is 2.70. The molecule has 0 fully saturated rings. The SMILES string of the molecule is COC(=O)C(Cc1ccccc1)N/C=C\C(=O)C(F)(F)F. The molecule has 0 saturated heterocycles. The predicted molar refractivity (Wildman–Crippen MR) is 69.3 cm³/mol. The maximum Gasteiger partial charge on any atom is 0.454 e. The summed E-state index contributed by atoms with van der Waals surface area (Å²) in [5.74, 6) is -2.64. The average molecular weight is 301 g/mol. The Morgan fingerprint density at radius 1 is 1.29 bits per heavy atom. The zero-order chi connectivity index (χ0) is 15.9. The lowest BCUT2D eigenvalue weighted by atomic mass is 10.1. The Bertz CT molecular complexity index is 512. The number of carbonyl (C=O) groups excluding carboxylic acids is 2. The molecule has 114 valence electrons. The van der Waals surface area contributed by atoms with E-state index in [2.05, 4.69) is 10.1 Å². The Hall–Kier alpha value is -2.31. The Kier molecular flexibility index (Phi) is 5.95. The van der Waals surface area contributed by atoms with E-state index in [0.717, 1.165) is 11.8 Å². The molecule has 1 unspecified atom stereocenters. The highest BCUT2D eigenvalue weighted by molar-refractivity contribution is 5.94. The predicted octanol–water partition coefficient (Wildman–Crippen LogP) is 2.01. The first-order valence-electron chi connectivity index (χ1n) is 6.00. The molecule has 0 aliphatic rings. The Labute approximate surface area is 119 Å². The van der Waals surface area contributed by atoms with Crippen LogP contribution < -0.4 is 5.32 Å². The molecule has 0 aromatic heterocycles.